The second-order valence-electron chi connectivity index (χ2n) is 10.2. The Morgan fingerprint density at radius 3 is 2.24 bits per heavy atom. The number of para-hydroxylation sites is 1. The molecule has 14 nitrogen and oxygen atoms in total. The van der Waals surface area contributed by atoms with Crippen LogP contribution in [0.15, 0.2) is 72.8 Å². The minimum Gasteiger partial charge on any atom is -0.493 e. The van der Waals surface area contributed by atoms with Crippen molar-refractivity contribution in [1.82, 2.24) is 10.6 Å². The number of carbonyl (C=O) groups excluding carboxylic acids is 4. The molecule has 236 valence electrons. The summed E-state index contributed by atoms with van der Waals surface area (Å²) in [5.41, 5.74) is 0.226. The van der Waals surface area contributed by atoms with E-state index in [1.54, 1.807) is 51.1 Å². The first-order valence-corrected chi connectivity index (χ1v) is 13.5. The summed E-state index contributed by atoms with van der Waals surface area (Å²) in [6.07, 6.45) is 1.05. The van der Waals surface area contributed by atoms with Gasteiger partial charge in [0, 0.05) is 31.3 Å². The van der Waals surface area contributed by atoms with Gasteiger partial charge in [-0.1, -0.05) is 18.2 Å². The summed E-state index contributed by atoms with van der Waals surface area (Å²) in [6, 6.07) is 15.8. The second kappa shape index (κ2) is 15.5. The van der Waals surface area contributed by atoms with Gasteiger partial charge >= 0.3 is 12.2 Å². The van der Waals surface area contributed by atoms with Crippen molar-refractivity contribution in [1.29, 1.82) is 0 Å². The highest BCUT2D eigenvalue weighted by Crippen LogP contribution is 2.29. The van der Waals surface area contributed by atoms with Crippen LogP contribution in [0.4, 0.5) is 21.0 Å². The average Bonchev–Trinajstić information content (AvgIpc) is 2.98. The number of methoxy groups -OCH3 is 1. The Bertz CT molecular complexity index is 1580. The SMILES string of the molecule is COc1cc(/C=C/C(=O)Nc2ccccc2C(=O)NCCNC(=O)OC(C)(C)C)ccc1OC(=O)Oc1ccc([N+](=O)[O-])cc1. The number of non-ortho nitro benzene ring substituents is 1. The maximum absolute atomic E-state index is 12.7. The highest BCUT2D eigenvalue weighted by molar-refractivity contribution is 6.07. The third-order valence-corrected chi connectivity index (χ3v) is 5.57. The smallest absolute Gasteiger partial charge is 0.493 e. The lowest BCUT2D eigenvalue weighted by Crippen LogP contribution is -2.38. The molecule has 0 saturated carbocycles. The predicted molar refractivity (Wildman–Crippen MR) is 163 cm³/mol. The van der Waals surface area contributed by atoms with E-state index in [0.717, 1.165) is 0 Å². The summed E-state index contributed by atoms with van der Waals surface area (Å²) in [5.74, 6) is -0.723. The van der Waals surface area contributed by atoms with Crippen LogP contribution in [0.2, 0.25) is 0 Å². The molecule has 0 saturated heterocycles. The number of alkyl carbamates (subject to hydrolysis) is 1. The van der Waals surface area contributed by atoms with Gasteiger partial charge in [0.15, 0.2) is 11.5 Å². The van der Waals surface area contributed by atoms with E-state index in [1.165, 1.54) is 55.7 Å². The number of amides is 3. The molecule has 0 aliphatic heterocycles. The van der Waals surface area contributed by atoms with Crippen LogP contribution < -0.4 is 30.2 Å². The van der Waals surface area contributed by atoms with Crippen LogP contribution in [0.1, 0.15) is 36.7 Å². The molecule has 0 heterocycles. The van der Waals surface area contributed by atoms with Gasteiger partial charge in [0.25, 0.3) is 11.6 Å². The van der Waals surface area contributed by atoms with Gasteiger partial charge in [-0.05, 0) is 68.8 Å². The summed E-state index contributed by atoms with van der Waals surface area (Å²) >= 11 is 0. The molecule has 3 amide bonds. The van der Waals surface area contributed by atoms with Crippen LogP contribution in [0.25, 0.3) is 6.08 Å². The van der Waals surface area contributed by atoms with Gasteiger partial charge in [0.1, 0.15) is 11.4 Å². The van der Waals surface area contributed by atoms with Crippen LogP contribution in [0.3, 0.4) is 0 Å². The van der Waals surface area contributed by atoms with E-state index in [4.69, 9.17) is 18.9 Å². The third kappa shape index (κ3) is 11.0. The van der Waals surface area contributed by atoms with Crippen LogP contribution in [0.5, 0.6) is 17.2 Å². The Morgan fingerprint density at radius 2 is 1.58 bits per heavy atom. The molecule has 3 aromatic rings. The minimum atomic E-state index is -1.09. The van der Waals surface area contributed by atoms with Gasteiger partial charge in [-0.3, -0.25) is 19.7 Å². The number of rotatable bonds is 11. The number of anilines is 1. The number of nitrogens with zero attached hydrogens (tertiary/aromatic N) is 1. The standard InChI is InChI=1S/C31H32N4O10/c1-31(2,3)45-29(38)33-18-17-32-28(37)23-7-5-6-8-24(23)34-27(36)16-10-20-9-15-25(26(19-20)42-4)44-30(39)43-22-13-11-21(12-14-22)35(40)41/h5-16,19H,17-18H2,1-4H3,(H,32,37)(H,33,38)(H,34,36)/b16-10+. The zero-order valence-corrected chi connectivity index (χ0v) is 24.9. The highest BCUT2D eigenvalue weighted by Gasteiger charge is 2.17. The molecule has 3 aromatic carbocycles. The number of nitro groups is 1. The van der Waals surface area contributed by atoms with E-state index in [0.29, 0.717) is 5.56 Å². The molecule has 3 rings (SSSR count). The fourth-order valence-corrected chi connectivity index (χ4v) is 3.60. The van der Waals surface area contributed by atoms with E-state index in [2.05, 4.69) is 16.0 Å². The molecule has 0 spiro atoms. The molecular formula is C31H32N4O10. The van der Waals surface area contributed by atoms with Crippen molar-refractivity contribution in [2.75, 3.05) is 25.5 Å². The zero-order chi connectivity index (χ0) is 33.0. The molecule has 0 fully saturated rings. The lowest BCUT2D eigenvalue weighted by atomic mass is 10.1. The van der Waals surface area contributed by atoms with Gasteiger partial charge < -0.3 is 34.9 Å². The summed E-state index contributed by atoms with van der Waals surface area (Å²) < 4.78 is 20.7. The number of hydrogen-bond acceptors (Lipinski definition) is 10. The van der Waals surface area contributed by atoms with Crippen LogP contribution in [0, 0.1) is 10.1 Å². The maximum atomic E-state index is 12.7. The molecule has 0 aromatic heterocycles. The molecule has 45 heavy (non-hydrogen) atoms. The van der Waals surface area contributed by atoms with Crippen molar-refractivity contribution in [3.05, 3.63) is 94.0 Å². The van der Waals surface area contributed by atoms with Crippen molar-refractivity contribution in [2.24, 2.45) is 0 Å². The lowest BCUT2D eigenvalue weighted by Gasteiger charge is -2.19. The van der Waals surface area contributed by atoms with Crippen LogP contribution in [-0.4, -0.2) is 54.8 Å². The molecule has 3 N–H and O–H groups in total. The number of ether oxygens (including phenoxy) is 4. The highest BCUT2D eigenvalue weighted by atomic mass is 16.7. The van der Waals surface area contributed by atoms with E-state index >= 15 is 0 Å². The number of nitrogens with one attached hydrogen (secondary N) is 3. The number of carbonyl (C=O) groups is 4. The van der Waals surface area contributed by atoms with Gasteiger partial charge in [0.05, 0.1) is 23.3 Å². The second-order valence-corrected chi connectivity index (χ2v) is 10.2. The Morgan fingerprint density at radius 1 is 0.889 bits per heavy atom. The molecule has 0 aliphatic carbocycles. The maximum Gasteiger partial charge on any atom is 0.519 e. The molecule has 0 atom stereocenters. The number of nitro benzene ring substituents is 1. The van der Waals surface area contributed by atoms with Crippen molar-refractivity contribution in [2.45, 2.75) is 26.4 Å². The quantitative estimate of drug-likeness (QED) is 0.0652. The van der Waals surface area contributed by atoms with Crippen molar-refractivity contribution >= 4 is 41.5 Å². The molecule has 0 aliphatic rings. The summed E-state index contributed by atoms with van der Waals surface area (Å²) in [4.78, 5) is 59.5. The van der Waals surface area contributed by atoms with Gasteiger partial charge in [0.2, 0.25) is 5.91 Å². The fraction of sp³-hybridized carbons (Fsp3) is 0.226. The average molecular weight is 621 g/mol. The van der Waals surface area contributed by atoms with E-state index in [-0.39, 0.29) is 47.3 Å². The number of hydrogen-bond donors (Lipinski definition) is 3. The largest absolute Gasteiger partial charge is 0.519 e. The normalized spacial score (nSPS) is 10.8. The summed E-state index contributed by atoms with van der Waals surface area (Å²) in [7, 11) is 1.36. The zero-order valence-electron chi connectivity index (χ0n) is 24.9. The van der Waals surface area contributed by atoms with Crippen molar-refractivity contribution in [3.8, 4) is 17.2 Å². The Balaban J connectivity index is 1.56. The van der Waals surface area contributed by atoms with Crippen molar-refractivity contribution < 1.29 is 43.0 Å². The van der Waals surface area contributed by atoms with Crippen LogP contribution >= 0.6 is 0 Å². The van der Waals surface area contributed by atoms with Crippen LogP contribution in [-0.2, 0) is 9.53 Å². The first kappa shape index (κ1) is 33.6. The summed E-state index contributed by atoms with van der Waals surface area (Å²) in [6.45, 7) is 5.51. The molecule has 0 radical (unpaired) electrons. The first-order chi connectivity index (χ1) is 21.3. The monoisotopic (exact) mass is 620 g/mol. The lowest BCUT2D eigenvalue weighted by molar-refractivity contribution is -0.384. The summed E-state index contributed by atoms with van der Waals surface area (Å²) in [5, 5.41) is 18.7. The first-order valence-electron chi connectivity index (χ1n) is 13.5. The minimum absolute atomic E-state index is 0.0345. The predicted octanol–water partition coefficient (Wildman–Crippen LogP) is 5.09. The van der Waals surface area contributed by atoms with E-state index in [9.17, 15) is 29.3 Å². The Labute approximate surface area is 258 Å². The molecule has 0 unspecified atom stereocenters. The fourth-order valence-electron chi connectivity index (χ4n) is 3.60. The Kier molecular flexibility index (Phi) is 11.6. The van der Waals surface area contributed by atoms with Gasteiger partial charge in [-0.25, -0.2) is 9.59 Å². The number of benzene rings is 3. The van der Waals surface area contributed by atoms with Gasteiger partial charge in [-0.15, -0.1) is 0 Å². The molecule has 14 heteroatoms. The van der Waals surface area contributed by atoms with E-state index < -0.39 is 34.6 Å². The third-order valence-electron chi connectivity index (χ3n) is 5.57. The Hall–Kier alpha value is -5.92. The topological polar surface area (TPSA) is 184 Å². The van der Waals surface area contributed by atoms with E-state index in [1.807, 2.05) is 0 Å². The van der Waals surface area contributed by atoms with Crippen molar-refractivity contribution in [3.63, 3.8) is 0 Å². The molecule has 0 bridgehead atoms. The molecular weight excluding hydrogens is 588 g/mol. The van der Waals surface area contributed by atoms with Gasteiger partial charge in [-0.2, -0.15) is 0 Å².